The van der Waals surface area contributed by atoms with Gasteiger partial charge in [0.1, 0.15) is 72.9 Å². The second-order valence-corrected chi connectivity index (χ2v) is 13.7. The van der Waals surface area contributed by atoms with Gasteiger partial charge in [-0.15, -0.1) is 0 Å². The predicted octanol–water partition coefficient (Wildman–Crippen LogP) is -6.74. The Bertz CT molecular complexity index is 1390. The van der Waals surface area contributed by atoms with Gasteiger partial charge in [0.15, 0.2) is 12.6 Å². The van der Waals surface area contributed by atoms with Gasteiger partial charge in [0.25, 0.3) is 0 Å². The molecule has 0 aromatic heterocycles. The minimum Gasteiger partial charge on any atom is -0.480 e. The predicted molar refractivity (Wildman–Crippen MR) is 191 cm³/mol. The number of amides is 6. The van der Waals surface area contributed by atoms with Crippen LogP contribution in [-0.2, 0) is 52.5 Å². The van der Waals surface area contributed by atoms with Crippen molar-refractivity contribution < 1.29 is 83.1 Å². The van der Waals surface area contributed by atoms with Crippen LogP contribution >= 0.6 is 0 Å². The smallest absolute Gasteiger partial charge is 0.326 e. The summed E-state index contributed by atoms with van der Waals surface area (Å²) in [6, 6.07) is -6.86. The minimum atomic E-state index is -1.77. The van der Waals surface area contributed by atoms with E-state index in [1.54, 1.807) is 0 Å². The molecule has 0 saturated carbocycles. The zero-order valence-corrected chi connectivity index (χ0v) is 32.1. The Morgan fingerprint density at radius 3 is 1.91 bits per heavy atom. The summed E-state index contributed by atoms with van der Waals surface area (Å²) < 4.78 is 22.8. The lowest BCUT2D eigenvalue weighted by atomic mass is 9.94. The topological polar surface area (TPSA) is 390 Å². The Labute approximate surface area is 327 Å². The second-order valence-electron chi connectivity index (χ2n) is 13.7. The van der Waals surface area contributed by atoms with Crippen LogP contribution in [0.4, 0.5) is 0 Å². The van der Waals surface area contributed by atoms with E-state index in [-0.39, 0.29) is 19.3 Å². The molecule has 2 rings (SSSR count). The molecule has 326 valence electrons. The number of hydrogen-bond acceptors (Lipinski definition) is 17. The molecule has 0 aromatic rings. The molecule has 2 aliphatic rings. The largest absolute Gasteiger partial charge is 0.480 e. The van der Waals surface area contributed by atoms with Gasteiger partial charge in [0, 0.05) is 20.3 Å². The first-order valence-electron chi connectivity index (χ1n) is 18.3. The third kappa shape index (κ3) is 14.7. The number of nitrogens with one attached hydrogen (secondary N) is 5. The van der Waals surface area contributed by atoms with Crippen LogP contribution in [-0.4, -0.2) is 177 Å². The Hall–Kier alpha value is -4.11. The van der Waals surface area contributed by atoms with Crippen molar-refractivity contribution in [1.82, 2.24) is 26.6 Å². The number of carboxylic acid groups (broad SMARTS) is 1. The summed E-state index contributed by atoms with van der Waals surface area (Å²) in [4.78, 5) is 86.3. The number of carboxylic acids is 1. The van der Waals surface area contributed by atoms with Crippen LogP contribution in [0.3, 0.4) is 0 Å². The summed E-state index contributed by atoms with van der Waals surface area (Å²) in [6.07, 6.45) is -14.0. The van der Waals surface area contributed by atoms with Gasteiger partial charge < -0.3 is 87.6 Å². The number of ether oxygens (including phenoxy) is 4. The third-order valence-electron chi connectivity index (χ3n) is 9.14. The lowest BCUT2D eigenvalue weighted by molar-refractivity contribution is -0.331. The fourth-order valence-corrected chi connectivity index (χ4v) is 6.10. The molecule has 24 nitrogen and oxygen atoms in total. The van der Waals surface area contributed by atoms with Crippen molar-refractivity contribution in [3.05, 3.63) is 0 Å². The number of rotatable bonds is 22. The van der Waals surface area contributed by atoms with E-state index in [0.717, 1.165) is 13.8 Å². The van der Waals surface area contributed by atoms with Crippen molar-refractivity contribution in [3.8, 4) is 0 Å². The number of carbonyl (C=O) groups is 7. The highest BCUT2D eigenvalue weighted by atomic mass is 16.7. The van der Waals surface area contributed by atoms with Crippen LogP contribution in [0.15, 0.2) is 0 Å². The number of hydrogen-bond donors (Lipinski definition) is 13. The van der Waals surface area contributed by atoms with Gasteiger partial charge in [-0.3, -0.25) is 28.8 Å². The van der Waals surface area contributed by atoms with Gasteiger partial charge in [-0.05, 0) is 46.1 Å². The molecule has 2 aliphatic heterocycles. The van der Waals surface area contributed by atoms with E-state index in [4.69, 9.17) is 30.4 Å². The Kier molecular flexibility index (Phi) is 20.1. The van der Waals surface area contributed by atoms with E-state index < -0.39 is 140 Å². The molecule has 0 bridgehead atoms. The van der Waals surface area contributed by atoms with Crippen molar-refractivity contribution in [1.29, 1.82) is 0 Å². The van der Waals surface area contributed by atoms with Crippen molar-refractivity contribution in [2.24, 2.45) is 11.5 Å². The lowest BCUT2D eigenvalue weighted by Crippen LogP contribution is -2.69. The first-order valence-corrected chi connectivity index (χ1v) is 18.3. The van der Waals surface area contributed by atoms with Crippen LogP contribution in [0.2, 0.25) is 0 Å². The third-order valence-corrected chi connectivity index (χ3v) is 9.14. The Morgan fingerprint density at radius 2 is 1.37 bits per heavy atom. The zero-order valence-electron chi connectivity index (χ0n) is 32.1. The summed E-state index contributed by atoms with van der Waals surface area (Å²) in [6.45, 7) is 3.37. The SMILES string of the molecule is CC(=O)N[C@@H]1[C@@H](O)[C@H](O[C@@H]2O[C@H](CO)[C@@H](O)[C@H](O[C@H](C)C(=O)N[C@@H](C)C(=O)N[C@H](CCC(=O)N[C@@H](CCCCN)C(=O)O)C(N)=O)[C@H]2NC(C)=O)[C@@H](CO)O[C@H]1O. The van der Waals surface area contributed by atoms with Gasteiger partial charge in [-0.25, -0.2) is 4.79 Å². The van der Waals surface area contributed by atoms with Crippen LogP contribution in [0.5, 0.6) is 0 Å². The van der Waals surface area contributed by atoms with Gasteiger partial charge in [0.05, 0.1) is 13.2 Å². The molecular weight excluding hydrogens is 766 g/mol. The maximum Gasteiger partial charge on any atom is 0.326 e. The highest BCUT2D eigenvalue weighted by Crippen LogP contribution is 2.30. The average Bonchev–Trinajstić information content (AvgIpc) is 3.13. The molecule has 0 unspecified atom stereocenters. The van der Waals surface area contributed by atoms with Crippen LogP contribution < -0.4 is 38.1 Å². The molecule has 0 radical (unpaired) electrons. The van der Waals surface area contributed by atoms with Crippen LogP contribution in [0.25, 0.3) is 0 Å². The van der Waals surface area contributed by atoms with Gasteiger partial charge in [0.2, 0.25) is 35.4 Å². The zero-order chi connectivity index (χ0) is 43.1. The summed E-state index contributed by atoms with van der Waals surface area (Å²) in [7, 11) is 0. The van der Waals surface area contributed by atoms with Gasteiger partial charge >= 0.3 is 5.97 Å². The lowest BCUT2D eigenvalue weighted by Gasteiger charge is -2.48. The maximum atomic E-state index is 13.3. The molecule has 14 atom stereocenters. The summed E-state index contributed by atoms with van der Waals surface area (Å²) in [5.74, 6) is -6.20. The number of unbranched alkanes of at least 4 members (excludes halogenated alkanes) is 1. The molecular formula is C33H57N7O17. The number of nitrogens with two attached hydrogens (primary N) is 2. The van der Waals surface area contributed by atoms with E-state index in [0.29, 0.717) is 19.4 Å². The average molecular weight is 824 g/mol. The molecule has 2 fully saturated rings. The van der Waals surface area contributed by atoms with Crippen LogP contribution in [0, 0.1) is 0 Å². The van der Waals surface area contributed by atoms with Crippen molar-refractivity contribution in [3.63, 3.8) is 0 Å². The maximum absolute atomic E-state index is 13.3. The van der Waals surface area contributed by atoms with Crippen molar-refractivity contribution in [2.45, 2.75) is 145 Å². The van der Waals surface area contributed by atoms with Crippen LogP contribution in [0.1, 0.15) is 59.8 Å². The van der Waals surface area contributed by atoms with E-state index >= 15 is 0 Å². The molecule has 2 heterocycles. The highest BCUT2D eigenvalue weighted by Gasteiger charge is 2.52. The highest BCUT2D eigenvalue weighted by molar-refractivity contribution is 5.92. The first kappa shape index (κ1) is 49.0. The van der Waals surface area contributed by atoms with Crippen molar-refractivity contribution in [2.75, 3.05) is 19.8 Å². The molecule has 6 amide bonds. The summed E-state index contributed by atoms with van der Waals surface area (Å²) in [5, 5.41) is 73.6. The minimum absolute atomic E-state index is 0.129. The number of aliphatic hydroxyl groups is 5. The number of carbonyl (C=O) groups excluding carboxylic acids is 6. The normalized spacial score (nSPS) is 29.4. The molecule has 57 heavy (non-hydrogen) atoms. The van der Waals surface area contributed by atoms with Crippen molar-refractivity contribution >= 4 is 41.4 Å². The fourth-order valence-electron chi connectivity index (χ4n) is 6.10. The molecule has 2 saturated heterocycles. The van der Waals surface area contributed by atoms with Gasteiger partial charge in [-0.1, -0.05) is 0 Å². The second kappa shape index (κ2) is 23.3. The Morgan fingerprint density at radius 1 is 0.754 bits per heavy atom. The number of aliphatic carboxylic acids is 1. The molecule has 0 aromatic carbocycles. The van der Waals surface area contributed by atoms with E-state index in [9.17, 15) is 64.2 Å². The number of aliphatic hydroxyl groups excluding tert-OH is 5. The summed E-state index contributed by atoms with van der Waals surface area (Å²) in [5.41, 5.74) is 10.8. The molecule has 0 aliphatic carbocycles. The van der Waals surface area contributed by atoms with E-state index in [1.807, 2.05) is 0 Å². The first-order chi connectivity index (χ1) is 26.7. The van der Waals surface area contributed by atoms with E-state index in [1.165, 1.54) is 13.8 Å². The standard InChI is InChI=1S/C33H57N7O17/c1-13(29(49)40-17(28(35)48)8-9-21(45)39-18(31(51)52)7-5-6-10-34)36-30(50)14(2)54-27-23(38-16(4)44)33(56-19(11-41)24(27)46)57-26-20(12-42)55-32(53)22(25(26)47)37-15(3)43/h13-14,17-20,22-27,32-33,41-42,46-47,53H,5-12,34H2,1-4H3,(H2,35,48)(H,36,50)(H,37,43)(H,38,44)(H,39,45)(H,40,49)(H,51,52)/t13-,14+,17+,18-,19+,20+,22+,23+,24+,25+,26+,27+,32+,33-/m0/s1. The van der Waals surface area contributed by atoms with Gasteiger partial charge in [-0.2, -0.15) is 0 Å². The Balaban J connectivity index is 2.16. The molecule has 24 heteroatoms. The molecule has 0 spiro atoms. The molecule has 15 N–H and O–H groups in total. The monoisotopic (exact) mass is 823 g/mol. The number of primary amides is 1. The summed E-state index contributed by atoms with van der Waals surface area (Å²) >= 11 is 0. The fraction of sp³-hybridized carbons (Fsp3) is 0.788. The van der Waals surface area contributed by atoms with E-state index in [2.05, 4.69) is 26.6 Å². The quantitative estimate of drug-likeness (QED) is 0.0451.